The molecule has 1 aliphatic rings. The zero-order chi connectivity index (χ0) is 21.3. The summed E-state index contributed by atoms with van der Waals surface area (Å²) in [5.41, 5.74) is 0.560. The van der Waals surface area contributed by atoms with Gasteiger partial charge in [-0.05, 0) is 24.6 Å². The minimum Gasteiger partial charge on any atom is -0.462 e. The average Bonchev–Trinajstić information content (AvgIpc) is 2.66. The predicted molar refractivity (Wildman–Crippen MR) is 102 cm³/mol. The number of carbonyl (C=O) groups is 1. The van der Waals surface area contributed by atoms with Crippen molar-refractivity contribution in [2.24, 2.45) is 5.92 Å². The highest BCUT2D eigenvalue weighted by Crippen LogP contribution is 2.27. The molecular formula is C20H25NO8. The van der Waals surface area contributed by atoms with Crippen LogP contribution in [-0.2, 0) is 9.53 Å². The summed E-state index contributed by atoms with van der Waals surface area (Å²) in [4.78, 5) is 23.8. The topological polar surface area (TPSA) is 138 Å². The van der Waals surface area contributed by atoms with Crippen LogP contribution in [0.2, 0.25) is 0 Å². The number of nitrogens with one attached hydrogen (secondary N) is 1. The maximum atomic E-state index is 12.1. The van der Waals surface area contributed by atoms with Crippen molar-refractivity contribution in [3.8, 4) is 5.75 Å². The van der Waals surface area contributed by atoms with E-state index in [2.05, 4.69) is 5.32 Å². The maximum absolute atomic E-state index is 12.1. The monoisotopic (exact) mass is 407 g/mol. The average molecular weight is 407 g/mol. The van der Waals surface area contributed by atoms with E-state index in [0.717, 1.165) is 10.9 Å². The molecular weight excluding hydrogens is 382 g/mol. The summed E-state index contributed by atoms with van der Waals surface area (Å²) in [6, 6.07) is 5.14. The molecule has 1 fully saturated rings. The molecule has 2 aromatic rings. The molecule has 1 saturated heterocycles. The molecule has 0 spiro atoms. The predicted octanol–water partition coefficient (Wildman–Crippen LogP) is 0.0600. The van der Waals surface area contributed by atoms with Crippen LogP contribution in [-0.4, -0.2) is 58.5 Å². The van der Waals surface area contributed by atoms with E-state index in [-0.39, 0.29) is 17.6 Å². The lowest BCUT2D eigenvalue weighted by atomic mass is 9.96. The van der Waals surface area contributed by atoms with E-state index in [1.54, 1.807) is 32.9 Å². The standard InChI is InChI=1S/C20H25NO8/c1-9(2)19(26)21-16-18(25)17(24)14(8-22)29-20(16)27-11-4-5-12-10(3)6-15(23)28-13(12)7-11/h4-7,9,14,16-18,20,22,24-25H,8H2,1-3H3,(H,21,26)/t14-,16-,17-,18-,20-/m1/s1. The van der Waals surface area contributed by atoms with Crippen LogP contribution in [0, 0.1) is 12.8 Å². The molecule has 0 radical (unpaired) electrons. The second-order valence-corrected chi connectivity index (χ2v) is 7.42. The molecule has 4 N–H and O–H groups in total. The van der Waals surface area contributed by atoms with Crippen molar-refractivity contribution in [2.45, 2.75) is 51.4 Å². The first-order valence-corrected chi connectivity index (χ1v) is 9.35. The molecule has 3 rings (SSSR count). The third-order valence-corrected chi connectivity index (χ3v) is 4.89. The molecule has 0 unspecified atom stereocenters. The third-order valence-electron chi connectivity index (χ3n) is 4.89. The Balaban J connectivity index is 1.91. The summed E-state index contributed by atoms with van der Waals surface area (Å²) in [6.45, 7) is 4.60. The van der Waals surface area contributed by atoms with Gasteiger partial charge in [0.2, 0.25) is 12.2 Å². The van der Waals surface area contributed by atoms with E-state index < -0.39 is 42.9 Å². The summed E-state index contributed by atoms with van der Waals surface area (Å²) in [5, 5.41) is 33.4. The van der Waals surface area contributed by atoms with Gasteiger partial charge in [-0.25, -0.2) is 4.79 Å². The van der Waals surface area contributed by atoms with Crippen LogP contribution < -0.4 is 15.7 Å². The molecule has 29 heavy (non-hydrogen) atoms. The van der Waals surface area contributed by atoms with E-state index in [9.17, 15) is 24.9 Å². The molecule has 0 aliphatic carbocycles. The Labute approximate surface area is 166 Å². The van der Waals surface area contributed by atoms with Gasteiger partial charge in [-0.2, -0.15) is 0 Å². The van der Waals surface area contributed by atoms with Crippen molar-refractivity contribution >= 4 is 16.9 Å². The SMILES string of the molecule is Cc1cc(=O)oc2cc(O[C@@H]3O[C@H](CO)[C@@H](O)[C@H](O)[C@H]3NC(=O)C(C)C)ccc12. The number of hydrogen-bond acceptors (Lipinski definition) is 8. The smallest absolute Gasteiger partial charge is 0.336 e. The fraction of sp³-hybridized carbons (Fsp3) is 0.500. The van der Waals surface area contributed by atoms with E-state index >= 15 is 0 Å². The quantitative estimate of drug-likeness (QED) is 0.511. The largest absolute Gasteiger partial charge is 0.462 e. The molecule has 1 aromatic heterocycles. The molecule has 1 amide bonds. The minimum atomic E-state index is -1.42. The van der Waals surface area contributed by atoms with Gasteiger partial charge < -0.3 is 34.5 Å². The van der Waals surface area contributed by atoms with Gasteiger partial charge >= 0.3 is 5.63 Å². The normalized spacial score (nSPS) is 27.2. The zero-order valence-corrected chi connectivity index (χ0v) is 16.4. The Morgan fingerprint density at radius 3 is 2.62 bits per heavy atom. The van der Waals surface area contributed by atoms with Crippen LogP contribution in [0.25, 0.3) is 11.0 Å². The highest BCUT2D eigenvalue weighted by atomic mass is 16.7. The van der Waals surface area contributed by atoms with Gasteiger partial charge in [-0.15, -0.1) is 0 Å². The maximum Gasteiger partial charge on any atom is 0.336 e. The fourth-order valence-electron chi connectivity index (χ4n) is 3.18. The first-order valence-electron chi connectivity index (χ1n) is 9.35. The van der Waals surface area contributed by atoms with Crippen LogP contribution in [0.3, 0.4) is 0 Å². The number of amides is 1. The van der Waals surface area contributed by atoms with Crippen LogP contribution in [0.1, 0.15) is 19.4 Å². The molecule has 9 nitrogen and oxygen atoms in total. The summed E-state index contributed by atoms with van der Waals surface area (Å²) in [6.07, 6.45) is -5.12. The first-order chi connectivity index (χ1) is 13.7. The van der Waals surface area contributed by atoms with Crippen LogP contribution >= 0.6 is 0 Å². The first kappa shape index (κ1) is 21.3. The highest BCUT2D eigenvalue weighted by Gasteiger charge is 2.46. The second kappa shape index (κ2) is 8.50. The molecule has 158 valence electrons. The number of benzene rings is 1. The van der Waals surface area contributed by atoms with Gasteiger partial charge in [0, 0.05) is 23.4 Å². The van der Waals surface area contributed by atoms with Crippen LogP contribution in [0.4, 0.5) is 0 Å². The molecule has 1 aromatic carbocycles. The van der Waals surface area contributed by atoms with Crippen molar-refractivity contribution in [1.82, 2.24) is 5.32 Å². The van der Waals surface area contributed by atoms with Crippen molar-refractivity contribution in [1.29, 1.82) is 0 Å². The third kappa shape index (κ3) is 4.43. The number of carbonyl (C=O) groups excluding carboxylic acids is 1. The summed E-state index contributed by atoms with van der Waals surface area (Å²) >= 11 is 0. The molecule has 0 bridgehead atoms. The van der Waals surface area contributed by atoms with Crippen molar-refractivity contribution in [3.63, 3.8) is 0 Å². The Kier molecular flexibility index (Phi) is 6.23. The number of aryl methyl sites for hydroxylation is 1. The van der Waals surface area contributed by atoms with E-state index in [1.165, 1.54) is 12.1 Å². The van der Waals surface area contributed by atoms with Crippen LogP contribution in [0.5, 0.6) is 5.75 Å². The fourth-order valence-corrected chi connectivity index (χ4v) is 3.18. The number of ether oxygens (including phenoxy) is 2. The van der Waals surface area contributed by atoms with Gasteiger partial charge in [0.25, 0.3) is 0 Å². The van der Waals surface area contributed by atoms with E-state index in [4.69, 9.17) is 13.9 Å². The van der Waals surface area contributed by atoms with Crippen molar-refractivity contribution in [3.05, 3.63) is 40.2 Å². The zero-order valence-electron chi connectivity index (χ0n) is 16.4. The lowest BCUT2D eigenvalue weighted by Crippen LogP contribution is -2.65. The number of fused-ring (bicyclic) bond motifs is 1. The Morgan fingerprint density at radius 1 is 1.24 bits per heavy atom. The number of rotatable bonds is 5. The molecule has 2 heterocycles. The molecule has 1 aliphatic heterocycles. The van der Waals surface area contributed by atoms with Crippen LogP contribution in [0.15, 0.2) is 33.5 Å². The Morgan fingerprint density at radius 2 is 1.97 bits per heavy atom. The van der Waals surface area contributed by atoms with Gasteiger partial charge in [0.1, 0.15) is 35.7 Å². The molecule has 0 saturated carbocycles. The van der Waals surface area contributed by atoms with Gasteiger partial charge in [0.05, 0.1) is 6.61 Å². The van der Waals surface area contributed by atoms with E-state index in [0.29, 0.717) is 5.58 Å². The van der Waals surface area contributed by atoms with E-state index in [1.807, 2.05) is 0 Å². The molecule has 5 atom stereocenters. The van der Waals surface area contributed by atoms with Crippen molar-refractivity contribution in [2.75, 3.05) is 6.61 Å². The van der Waals surface area contributed by atoms with Gasteiger partial charge in [-0.1, -0.05) is 13.8 Å². The number of aliphatic hydroxyl groups excluding tert-OH is 3. The summed E-state index contributed by atoms with van der Waals surface area (Å²) in [7, 11) is 0. The lowest BCUT2D eigenvalue weighted by molar-refractivity contribution is -0.244. The van der Waals surface area contributed by atoms with Gasteiger partial charge in [0.15, 0.2) is 0 Å². The Hall–Kier alpha value is -2.46. The van der Waals surface area contributed by atoms with Crippen molar-refractivity contribution < 1.29 is 34.0 Å². The summed E-state index contributed by atoms with van der Waals surface area (Å²) in [5.74, 6) is -0.463. The highest BCUT2D eigenvalue weighted by molar-refractivity contribution is 5.81. The second-order valence-electron chi connectivity index (χ2n) is 7.42. The Bertz CT molecular complexity index is 940. The van der Waals surface area contributed by atoms with Gasteiger partial charge in [-0.3, -0.25) is 4.79 Å². The lowest BCUT2D eigenvalue weighted by Gasteiger charge is -2.42. The minimum absolute atomic E-state index is 0.264. The number of aliphatic hydroxyl groups is 3. The molecule has 9 heteroatoms. The number of hydrogen-bond donors (Lipinski definition) is 4. The summed E-state index contributed by atoms with van der Waals surface area (Å²) < 4.78 is 16.6.